The first-order chi connectivity index (χ1) is 8.25. The summed E-state index contributed by atoms with van der Waals surface area (Å²) in [6.07, 6.45) is 0.929. The van der Waals surface area contributed by atoms with E-state index in [-0.39, 0.29) is 5.82 Å². The summed E-state index contributed by atoms with van der Waals surface area (Å²) in [5.41, 5.74) is 2.08. The summed E-state index contributed by atoms with van der Waals surface area (Å²) in [6, 6.07) is 15.3. The van der Waals surface area contributed by atoms with E-state index in [1.807, 2.05) is 24.3 Å². The average molecular weight is 294 g/mol. The Morgan fingerprint density at radius 2 is 1.82 bits per heavy atom. The summed E-state index contributed by atoms with van der Waals surface area (Å²) < 4.78 is 13.7. The monoisotopic (exact) mass is 293 g/mol. The first-order valence-electron chi connectivity index (χ1n) is 5.48. The highest BCUT2D eigenvalue weighted by Gasteiger charge is 1.99. The van der Waals surface area contributed by atoms with Gasteiger partial charge in [0.2, 0.25) is 0 Å². The molecule has 0 unspecified atom stereocenters. The molecule has 2 rings (SSSR count). The van der Waals surface area contributed by atoms with E-state index in [9.17, 15) is 4.39 Å². The molecule has 0 bridgehead atoms. The fourth-order valence-corrected chi connectivity index (χ4v) is 1.85. The predicted octanol–water partition coefficient (Wildman–Crippen LogP) is 4.24. The Balaban J connectivity index is 1.88. The third kappa shape index (κ3) is 3.56. The molecule has 0 saturated carbocycles. The Bertz CT molecular complexity index is 485. The molecule has 0 heterocycles. The lowest BCUT2D eigenvalue weighted by molar-refractivity contribution is 0.621. The minimum Gasteiger partial charge on any atom is -0.385 e. The highest BCUT2D eigenvalue weighted by atomic mass is 79.9. The smallest absolute Gasteiger partial charge is 0.139 e. The minimum absolute atomic E-state index is 0.241. The van der Waals surface area contributed by atoms with Crippen molar-refractivity contribution < 1.29 is 4.39 Å². The number of benzene rings is 2. The van der Waals surface area contributed by atoms with Crippen molar-refractivity contribution in [3.8, 4) is 0 Å². The molecular weight excluding hydrogens is 281 g/mol. The maximum atomic E-state index is 13.2. The lowest BCUT2D eigenvalue weighted by Gasteiger charge is -2.07. The van der Waals surface area contributed by atoms with Crippen molar-refractivity contribution in [2.75, 3.05) is 11.9 Å². The second kappa shape index (κ2) is 5.82. The number of rotatable bonds is 4. The quantitative estimate of drug-likeness (QED) is 0.889. The molecule has 88 valence electrons. The number of hydrogen-bond donors (Lipinski definition) is 1. The van der Waals surface area contributed by atoms with Crippen LogP contribution >= 0.6 is 15.9 Å². The molecule has 0 aliphatic heterocycles. The zero-order chi connectivity index (χ0) is 12.1. The lowest BCUT2D eigenvalue weighted by Crippen LogP contribution is -2.04. The van der Waals surface area contributed by atoms with E-state index >= 15 is 0 Å². The summed E-state index contributed by atoms with van der Waals surface area (Å²) in [5.74, 6) is -0.241. The SMILES string of the molecule is Fc1cc(NCCc2ccccc2)ccc1Br. The molecule has 0 aliphatic rings. The van der Waals surface area contributed by atoms with Crippen molar-refractivity contribution in [2.45, 2.75) is 6.42 Å². The maximum absolute atomic E-state index is 13.2. The first-order valence-corrected chi connectivity index (χ1v) is 6.28. The lowest BCUT2D eigenvalue weighted by atomic mass is 10.1. The van der Waals surface area contributed by atoms with Crippen LogP contribution in [0.3, 0.4) is 0 Å². The van der Waals surface area contributed by atoms with Gasteiger partial charge < -0.3 is 5.32 Å². The van der Waals surface area contributed by atoms with Gasteiger partial charge in [-0.2, -0.15) is 0 Å². The van der Waals surface area contributed by atoms with E-state index in [2.05, 4.69) is 33.4 Å². The fourth-order valence-electron chi connectivity index (χ4n) is 1.60. The maximum Gasteiger partial charge on any atom is 0.139 e. The zero-order valence-electron chi connectivity index (χ0n) is 9.29. The molecule has 0 fully saturated rings. The van der Waals surface area contributed by atoms with Crippen molar-refractivity contribution in [2.24, 2.45) is 0 Å². The summed E-state index contributed by atoms with van der Waals surface area (Å²) in [5, 5.41) is 3.20. The van der Waals surface area contributed by atoms with E-state index in [0.717, 1.165) is 18.7 Å². The fraction of sp³-hybridized carbons (Fsp3) is 0.143. The van der Waals surface area contributed by atoms with Gasteiger partial charge in [0.25, 0.3) is 0 Å². The molecule has 0 radical (unpaired) electrons. The summed E-state index contributed by atoms with van der Waals surface area (Å²) in [7, 11) is 0. The number of anilines is 1. The van der Waals surface area contributed by atoms with E-state index in [1.54, 1.807) is 6.07 Å². The zero-order valence-corrected chi connectivity index (χ0v) is 10.9. The van der Waals surface area contributed by atoms with Gasteiger partial charge in [-0.15, -0.1) is 0 Å². The summed E-state index contributed by atoms with van der Waals surface area (Å²) >= 11 is 3.13. The van der Waals surface area contributed by atoms with Gasteiger partial charge >= 0.3 is 0 Å². The Morgan fingerprint density at radius 3 is 2.53 bits per heavy atom. The molecule has 1 N–H and O–H groups in total. The standard InChI is InChI=1S/C14H13BrFN/c15-13-7-6-12(10-14(13)16)17-9-8-11-4-2-1-3-5-11/h1-7,10,17H,8-9H2. The number of halogens is 2. The average Bonchev–Trinajstić information content (AvgIpc) is 2.35. The molecule has 2 aromatic rings. The van der Waals surface area contributed by atoms with Crippen LogP contribution in [0.25, 0.3) is 0 Å². The van der Waals surface area contributed by atoms with Crippen LogP contribution in [-0.4, -0.2) is 6.54 Å². The Kier molecular flexibility index (Phi) is 4.15. The predicted molar refractivity (Wildman–Crippen MR) is 72.7 cm³/mol. The number of nitrogens with one attached hydrogen (secondary N) is 1. The normalized spacial score (nSPS) is 10.2. The van der Waals surface area contributed by atoms with Crippen LogP contribution in [0.4, 0.5) is 10.1 Å². The van der Waals surface area contributed by atoms with Crippen molar-refractivity contribution in [1.82, 2.24) is 0 Å². The highest BCUT2D eigenvalue weighted by molar-refractivity contribution is 9.10. The van der Waals surface area contributed by atoms with Crippen LogP contribution in [-0.2, 0) is 6.42 Å². The van der Waals surface area contributed by atoms with Crippen LogP contribution in [0.15, 0.2) is 53.0 Å². The minimum atomic E-state index is -0.241. The Morgan fingerprint density at radius 1 is 1.06 bits per heavy atom. The molecule has 2 aromatic carbocycles. The van der Waals surface area contributed by atoms with Gasteiger partial charge in [-0.05, 0) is 46.1 Å². The van der Waals surface area contributed by atoms with E-state index in [1.165, 1.54) is 11.6 Å². The molecule has 3 heteroatoms. The van der Waals surface area contributed by atoms with Crippen molar-refractivity contribution in [3.63, 3.8) is 0 Å². The number of hydrogen-bond acceptors (Lipinski definition) is 1. The highest BCUT2D eigenvalue weighted by Crippen LogP contribution is 2.19. The van der Waals surface area contributed by atoms with Gasteiger partial charge in [-0.25, -0.2) is 4.39 Å². The van der Waals surface area contributed by atoms with Crippen LogP contribution in [0, 0.1) is 5.82 Å². The van der Waals surface area contributed by atoms with Gasteiger partial charge in [0, 0.05) is 12.2 Å². The van der Waals surface area contributed by atoms with Gasteiger partial charge in [-0.3, -0.25) is 0 Å². The van der Waals surface area contributed by atoms with Gasteiger partial charge in [0.1, 0.15) is 5.82 Å². The molecule has 0 spiro atoms. The summed E-state index contributed by atoms with van der Waals surface area (Å²) in [6.45, 7) is 0.797. The van der Waals surface area contributed by atoms with Crippen LogP contribution in [0.5, 0.6) is 0 Å². The Hall–Kier alpha value is -1.35. The summed E-state index contributed by atoms with van der Waals surface area (Å²) in [4.78, 5) is 0. The first kappa shape index (κ1) is 12.1. The van der Waals surface area contributed by atoms with Crippen LogP contribution < -0.4 is 5.32 Å². The van der Waals surface area contributed by atoms with E-state index in [0.29, 0.717) is 4.47 Å². The molecule has 0 atom stereocenters. The molecule has 0 amide bonds. The van der Waals surface area contributed by atoms with Crippen molar-refractivity contribution in [3.05, 3.63) is 64.4 Å². The van der Waals surface area contributed by atoms with Crippen molar-refractivity contribution in [1.29, 1.82) is 0 Å². The van der Waals surface area contributed by atoms with E-state index in [4.69, 9.17) is 0 Å². The topological polar surface area (TPSA) is 12.0 Å². The molecule has 17 heavy (non-hydrogen) atoms. The van der Waals surface area contributed by atoms with Crippen LogP contribution in [0.1, 0.15) is 5.56 Å². The Labute approximate surface area is 109 Å². The molecule has 1 nitrogen and oxygen atoms in total. The molecule has 0 aliphatic carbocycles. The van der Waals surface area contributed by atoms with Gasteiger partial charge in [-0.1, -0.05) is 30.3 Å². The molecule has 0 aromatic heterocycles. The third-order valence-corrected chi connectivity index (χ3v) is 3.15. The van der Waals surface area contributed by atoms with Crippen LogP contribution in [0.2, 0.25) is 0 Å². The largest absolute Gasteiger partial charge is 0.385 e. The second-order valence-corrected chi connectivity index (χ2v) is 4.65. The second-order valence-electron chi connectivity index (χ2n) is 3.79. The molecule has 0 saturated heterocycles. The molecular formula is C14H13BrFN. The third-order valence-electron chi connectivity index (χ3n) is 2.51. The van der Waals surface area contributed by atoms with E-state index < -0.39 is 0 Å². The van der Waals surface area contributed by atoms with Gasteiger partial charge in [0.05, 0.1) is 4.47 Å². The van der Waals surface area contributed by atoms with Crippen molar-refractivity contribution >= 4 is 21.6 Å². The van der Waals surface area contributed by atoms with Gasteiger partial charge in [0.15, 0.2) is 0 Å².